The number of methoxy groups -OCH3 is 1. The number of amides is 3. The first kappa shape index (κ1) is 28.5. The third-order valence-electron chi connectivity index (χ3n) is 6.00. The maximum Gasteiger partial charge on any atom is 0.264 e. The Bertz CT molecular complexity index is 1310. The Hall–Kier alpha value is -3.11. The van der Waals surface area contributed by atoms with Gasteiger partial charge in [0.25, 0.3) is 11.8 Å². The number of benzene rings is 2. The summed E-state index contributed by atoms with van der Waals surface area (Å²) < 4.78 is 35.9. The number of nitrogens with one attached hydrogen (secondary N) is 1. The number of carbonyl (C=O) groups is 3. The molecule has 0 aliphatic carbocycles. The van der Waals surface area contributed by atoms with Crippen molar-refractivity contribution in [1.82, 2.24) is 4.90 Å². The molecular formula is C26H31ClN2O7S. The Morgan fingerprint density at radius 3 is 2.38 bits per heavy atom. The molecule has 0 saturated carbocycles. The first-order valence-corrected chi connectivity index (χ1v) is 14.5. The number of nitrogens with zero attached hydrogens (tertiary/aromatic N) is 1. The second-order valence-electron chi connectivity index (χ2n) is 8.74. The van der Waals surface area contributed by atoms with Crippen molar-refractivity contribution in [2.75, 3.05) is 36.9 Å². The lowest BCUT2D eigenvalue weighted by molar-refractivity contribution is -0.113. The van der Waals surface area contributed by atoms with E-state index in [1.54, 1.807) is 37.3 Å². The van der Waals surface area contributed by atoms with Gasteiger partial charge in [-0.1, -0.05) is 25.5 Å². The van der Waals surface area contributed by atoms with E-state index >= 15 is 0 Å². The first-order chi connectivity index (χ1) is 17.6. The lowest BCUT2D eigenvalue weighted by atomic mass is 9.97. The van der Waals surface area contributed by atoms with E-state index in [2.05, 4.69) is 5.32 Å². The normalized spacial score (nSPS) is 13.9. The van der Waals surface area contributed by atoms with E-state index in [0.717, 1.165) is 24.0 Å². The molecular weight excluding hydrogens is 520 g/mol. The fourth-order valence-electron chi connectivity index (χ4n) is 4.37. The van der Waals surface area contributed by atoms with Gasteiger partial charge in [-0.2, -0.15) is 0 Å². The van der Waals surface area contributed by atoms with Crippen molar-refractivity contribution in [1.29, 1.82) is 0 Å². The topological polar surface area (TPSA) is 119 Å². The van der Waals surface area contributed by atoms with Crippen LogP contribution in [0.4, 0.5) is 5.69 Å². The number of rotatable bonds is 12. The molecule has 11 heteroatoms. The SMILES string of the molecule is CCCCc1ccc(NC(=O)CCl)c2c1C(=O)N([C@H](CS(C)(=O)=O)c1ccc(OC)c(OCC)c1)C2=O. The number of unbranched alkanes of at least 4 members (excludes halogenated alkanes) is 1. The zero-order valence-corrected chi connectivity index (χ0v) is 22.9. The summed E-state index contributed by atoms with van der Waals surface area (Å²) in [6.07, 6.45) is 3.24. The molecule has 0 saturated heterocycles. The van der Waals surface area contributed by atoms with Crippen molar-refractivity contribution < 1.29 is 32.3 Å². The summed E-state index contributed by atoms with van der Waals surface area (Å²) in [5, 5.41) is 2.59. The van der Waals surface area contributed by atoms with Crippen molar-refractivity contribution >= 4 is 44.8 Å². The van der Waals surface area contributed by atoms with Crippen molar-refractivity contribution in [2.45, 2.75) is 39.2 Å². The van der Waals surface area contributed by atoms with Gasteiger partial charge in [0.15, 0.2) is 11.5 Å². The Kier molecular flexibility index (Phi) is 9.20. The highest BCUT2D eigenvalue weighted by Crippen LogP contribution is 2.40. The third-order valence-corrected chi connectivity index (χ3v) is 7.16. The van der Waals surface area contributed by atoms with Gasteiger partial charge < -0.3 is 14.8 Å². The number of sulfone groups is 1. The zero-order valence-electron chi connectivity index (χ0n) is 21.3. The average molecular weight is 551 g/mol. The number of anilines is 1. The molecule has 0 bridgehead atoms. The molecule has 1 heterocycles. The number of ether oxygens (including phenoxy) is 2. The van der Waals surface area contributed by atoms with Gasteiger partial charge in [-0.15, -0.1) is 11.6 Å². The second kappa shape index (κ2) is 12.0. The van der Waals surface area contributed by atoms with Crippen LogP contribution in [-0.2, 0) is 21.1 Å². The lowest BCUT2D eigenvalue weighted by Gasteiger charge is -2.27. The van der Waals surface area contributed by atoms with E-state index in [0.29, 0.717) is 35.7 Å². The third kappa shape index (κ3) is 6.24. The molecule has 9 nitrogen and oxygen atoms in total. The number of fused-ring (bicyclic) bond motifs is 1. The van der Waals surface area contributed by atoms with Crippen molar-refractivity contribution in [3.63, 3.8) is 0 Å². The quantitative estimate of drug-likeness (QED) is 0.313. The van der Waals surface area contributed by atoms with E-state index in [-0.39, 0.29) is 22.7 Å². The Morgan fingerprint density at radius 1 is 1.08 bits per heavy atom. The van der Waals surface area contributed by atoms with Crippen molar-refractivity contribution in [3.8, 4) is 11.5 Å². The molecule has 0 unspecified atom stereocenters. The van der Waals surface area contributed by atoms with E-state index in [1.807, 2.05) is 6.92 Å². The van der Waals surface area contributed by atoms with Crippen LogP contribution in [0, 0.1) is 0 Å². The largest absolute Gasteiger partial charge is 0.493 e. The van der Waals surface area contributed by atoms with Crippen LogP contribution in [0.5, 0.6) is 11.5 Å². The molecule has 37 heavy (non-hydrogen) atoms. The number of hydrogen-bond donors (Lipinski definition) is 1. The van der Waals surface area contributed by atoms with Crippen LogP contribution in [0.3, 0.4) is 0 Å². The van der Waals surface area contributed by atoms with Crippen LogP contribution in [0.25, 0.3) is 0 Å². The summed E-state index contributed by atoms with van der Waals surface area (Å²) in [6, 6.07) is 6.94. The van der Waals surface area contributed by atoms with Crippen LogP contribution in [0.1, 0.15) is 64.6 Å². The monoisotopic (exact) mass is 550 g/mol. The smallest absolute Gasteiger partial charge is 0.264 e. The minimum atomic E-state index is -3.65. The van der Waals surface area contributed by atoms with Gasteiger partial charge in [0.1, 0.15) is 15.7 Å². The fourth-order valence-corrected chi connectivity index (χ4v) is 5.35. The number of hydrogen-bond acceptors (Lipinski definition) is 7. The number of alkyl halides is 1. The van der Waals surface area contributed by atoms with E-state index in [4.69, 9.17) is 21.1 Å². The molecule has 0 radical (unpaired) electrons. The molecule has 2 aromatic rings. The predicted molar refractivity (Wildman–Crippen MR) is 142 cm³/mol. The summed E-state index contributed by atoms with van der Waals surface area (Å²) in [5.74, 6) is -1.88. The molecule has 3 amide bonds. The molecule has 200 valence electrons. The van der Waals surface area contributed by atoms with Gasteiger partial charge in [-0.25, -0.2) is 8.42 Å². The minimum absolute atomic E-state index is 0.0362. The minimum Gasteiger partial charge on any atom is -0.493 e. The predicted octanol–water partition coefficient (Wildman–Crippen LogP) is 4.00. The molecule has 0 spiro atoms. The summed E-state index contributed by atoms with van der Waals surface area (Å²) in [6.45, 7) is 4.13. The van der Waals surface area contributed by atoms with Crippen LogP contribution in [0.2, 0.25) is 0 Å². The molecule has 0 aromatic heterocycles. The average Bonchev–Trinajstić information content (AvgIpc) is 3.12. The van der Waals surface area contributed by atoms with Crippen LogP contribution in [0.15, 0.2) is 30.3 Å². The van der Waals surface area contributed by atoms with Crippen molar-refractivity contribution in [2.24, 2.45) is 0 Å². The lowest BCUT2D eigenvalue weighted by Crippen LogP contribution is -2.38. The van der Waals surface area contributed by atoms with Crippen LogP contribution < -0.4 is 14.8 Å². The van der Waals surface area contributed by atoms with E-state index in [9.17, 15) is 22.8 Å². The number of aryl methyl sites for hydroxylation is 1. The number of imide groups is 1. The van der Waals surface area contributed by atoms with Crippen LogP contribution in [-0.4, -0.2) is 62.6 Å². The van der Waals surface area contributed by atoms with E-state index < -0.39 is 39.4 Å². The first-order valence-electron chi connectivity index (χ1n) is 11.9. The van der Waals surface area contributed by atoms with Crippen molar-refractivity contribution in [3.05, 3.63) is 52.6 Å². The van der Waals surface area contributed by atoms with Gasteiger partial charge >= 0.3 is 0 Å². The summed E-state index contributed by atoms with van der Waals surface area (Å²) in [4.78, 5) is 40.7. The van der Waals surface area contributed by atoms with E-state index in [1.165, 1.54) is 7.11 Å². The maximum absolute atomic E-state index is 13.8. The standard InChI is InChI=1S/C26H31ClN2O7S/c1-5-7-8-16-9-11-18(28-22(30)14-27)24-23(16)25(31)29(26(24)32)19(15-37(4,33)34)17-10-12-20(35-3)21(13-17)36-6-2/h9-13,19H,5-8,14-15H2,1-4H3,(H,28,30)/t19-/m1/s1. The molecule has 0 fully saturated rings. The highest BCUT2D eigenvalue weighted by Gasteiger charge is 2.44. The second-order valence-corrected chi connectivity index (χ2v) is 11.2. The highest BCUT2D eigenvalue weighted by atomic mass is 35.5. The Morgan fingerprint density at radius 2 is 1.78 bits per heavy atom. The summed E-state index contributed by atoms with van der Waals surface area (Å²) >= 11 is 5.65. The molecule has 2 aromatic carbocycles. The number of halogens is 1. The Balaban J connectivity index is 2.19. The summed E-state index contributed by atoms with van der Waals surface area (Å²) in [7, 11) is -2.17. The molecule has 1 aliphatic heterocycles. The van der Waals surface area contributed by atoms with Gasteiger partial charge in [0.05, 0.1) is 42.3 Å². The number of carbonyl (C=O) groups excluding carboxylic acids is 3. The molecule has 3 rings (SSSR count). The van der Waals surface area contributed by atoms with Crippen LogP contribution >= 0.6 is 11.6 Å². The molecule has 1 atom stereocenters. The summed E-state index contributed by atoms with van der Waals surface area (Å²) in [5.41, 5.74) is 1.41. The fraction of sp³-hybridized carbons (Fsp3) is 0.423. The highest BCUT2D eigenvalue weighted by molar-refractivity contribution is 7.90. The molecule has 1 N–H and O–H groups in total. The van der Waals surface area contributed by atoms with Gasteiger partial charge in [-0.05, 0) is 49.1 Å². The maximum atomic E-state index is 13.8. The van der Waals surface area contributed by atoms with Gasteiger partial charge in [0, 0.05) is 6.26 Å². The van der Waals surface area contributed by atoms with Gasteiger partial charge in [0.2, 0.25) is 5.91 Å². The zero-order chi connectivity index (χ0) is 27.3. The Labute approximate surface area is 222 Å². The van der Waals surface area contributed by atoms with Gasteiger partial charge in [-0.3, -0.25) is 19.3 Å². The molecule has 1 aliphatic rings.